The topological polar surface area (TPSA) is 87.0 Å². The van der Waals surface area contributed by atoms with Crippen molar-refractivity contribution < 1.29 is 13.9 Å². The Labute approximate surface area is 148 Å². The summed E-state index contributed by atoms with van der Waals surface area (Å²) in [6.45, 7) is 1.79. The lowest BCUT2D eigenvalue weighted by Crippen LogP contribution is -2.33. The van der Waals surface area contributed by atoms with Gasteiger partial charge in [-0.05, 0) is 24.3 Å². The fourth-order valence-corrected chi connectivity index (χ4v) is 2.70. The first-order valence-corrected chi connectivity index (χ1v) is 7.95. The van der Waals surface area contributed by atoms with Crippen molar-refractivity contribution in [2.45, 2.75) is 6.10 Å². The highest BCUT2D eigenvalue weighted by atomic mass is 35.5. The third-order valence-corrected chi connectivity index (χ3v) is 3.89. The lowest BCUT2D eigenvalue weighted by atomic mass is 10.1. The minimum absolute atomic E-state index is 0.0200. The van der Waals surface area contributed by atoms with Crippen LogP contribution in [0.15, 0.2) is 30.3 Å². The second-order valence-electron chi connectivity index (χ2n) is 5.42. The fraction of sp³-hybridized carbons (Fsp3) is 0.235. The van der Waals surface area contributed by atoms with Crippen LogP contribution in [0, 0.1) is 17.1 Å². The molecule has 128 valence electrons. The van der Waals surface area contributed by atoms with Crippen molar-refractivity contribution in [1.29, 1.82) is 5.26 Å². The van der Waals surface area contributed by atoms with Gasteiger partial charge in [0.15, 0.2) is 0 Å². The minimum Gasteiger partial charge on any atom is -0.371 e. The Hall–Kier alpha value is -2.53. The number of anilines is 1. The average molecular weight is 361 g/mol. The molecular weight excluding hydrogens is 347 g/mol. The zero-order valence-corrected chi connectivity index (χ0v) is 13.8. The highest BCUT2D eigenvalue weighted by molar-refractivity contribution is 6.31. The standard InChI is InChI=1S/C17H14ClFN4O2/c18-10-5-12(8-20)22-15(6-10)17(24)23-11-1-2-13(14(19)7-11)16-9-21-3-4-25-16/h1-2,5-7,16,21H,3-4,9H2,(H,23,24). The van der Waals surface area contributed by atoms with Crippen molar-refractivity contribution in [3.63, 3.8) is 0 Å². The number of carbonyl (C=O) groups is 1. The zero-order chi connectivity index (χ0) is 17.8. The molecule has 0 radical (unpaired) electrons. The van der Waals surface area contributed by atoms with E-state index >= 15 is 0 Å². The molecule has 1 atom stereocenters. The number of nitrogens with zero attached hydrogens (tertiary/aromatic N) is 2. The number of hydrogen-bond donors (Lipinski definition) is 2. The van der Waals surface area contributed by atoms with Gasteiger partial charge in [-0.25, -0.2) is 9.37 Å². The van der Waals surface area contributed by atoms with E-state index in [1.54, 1.807) is 12.1 Å². The summed E-state index contributed by atoms with van der Waals surface area (Å²) in [6, 6.07) is 8.90. The van der Waals surface area contributed by atoms with Crippen LogP contribution in [0.5, 0.6) is 0 Å². The largest absolute Gasteiger partial charge is 0.371 e. The third kappa shape index (κ3) is 4.12. The predicted octanol–water partition coefficient (Wildman–Crippen LogP) is 2.66. The number of nitriles is 1. The number of aromatic nitrogens is 1. The van der Waals surface area contributed by atoms with Gasteiger partial charge in [-0.15, -0.1) is 0 Å². The molecule has 0 aliphatic carbocycles. The Balaban J connectivity index is 1.77. The van der Waals surface area contributed by atoms with Crippen LogP contribution >= 0.6 is 11.6 Å². The van der Waals surface area contributed by atoms with E-state index < -0.39 is 11.7 Å². The summed E-state index contributed by atoms with van der Waals surface area (Å²) < 4.78 is 19.9. The van der Waals surface area contributed by atoms with E-state index in [0.717, 1.165) is 6.54 Å². The lowest BCUT2D eigenvalue weighted by Gasteiger charge is -2.24. The molecule has 0 bridgehead atoms. The molecule has 1 amide bonds. The first kappa shape index (κ1) is 17.3. The van der Waals surface area contributed by atoms with Gasteiger partial charge in [0.1, 0.15) is 23.3 Å². The van der Waals surface area contributed by atoms with Crippen LogP contribution in [-0.4, -0.2) is 30.6 Å². The number of ether oxygens (including phenoxy) is 1. The van der Waals surface area contributed by atoms with E-state index in [0.29, 0.717) is 18.7 Å². The summed E-state index contributed by atoms with van der Waals surface area (Å²) in [5.41, 5.74) is 0.711. The van der Waals surface area contributed by atoms with Crippen molar-refractivity contribution in [3.8, 4) is 6.07 Å². The number of morpholine rings is 1. The van der Waals surface area contributed by atoms with E-state index in [-0.39, 0.29) is 28.2 Å². The van der Waals surface area contributed by atoms with Crippen molar-refractivity contribution >= 4 is 23.2 Å². The minimum atomic E-state index is -0.582. The van der Waals surface area contributed by atoms with Crippen LogP contribution in [0.25, 0.3) is 0 Å². The number of carbonyl (C=O) groups excluding carboxylic acids is 1. The SMILES string of the molecule is N#Cc1cc(Cl)cc(C(=O)Nc2ccc(C3CNCCO3)c(F)c2)n1. The molecule has 6 nitrogen and oxygen atoms in total. The maximum Gasteiger partial charge on any atom is 0.274 e. The first-order valence-electron chi connectivity index (χ1n) is 7.57. The summed E-state index contributed by atoms with van der Waals surface area (Å²) in [6.07, 6.45) is -0.355. The molecule has 0 saturated carbocycles. The summed E-state index contributed by atoms with van der Waals surface area (Å²) in [5, 5.41) is 14.8. The van der Waals surface area contributed by atoms with Gasteiger partial charge in [-0.1, -0.05) is 17.7 Å². The molecule has 0 spiro atoms. The van der Waals surface area contributed by atoms with Gasteiger partial charge in [-0.3, -0.25) is 4.79 Å². The number of benzene rings is 1. The van der Waals surface area contributed by atoms with Gasteiger partial charge < -0.3 is 15.4 Å². The van der Waals surface area contributed by atoms with E-state index in [2.05, 4.69) is 15.6 Å². The molecule has 1 saturated heterocycles. The van der Waals surface area contributed by atoms with Gasteiger partial charge in [0.05, 0.1) is 12.7 Å². The van der Waals surface area contributed by atoms with Gasteiger partial charge in [0.25, 0.3) is 5.91 Å². The Morgan fingerprint density at radius 2 is 2.28 bits per heavy atom. The van der Waals surface area contributed by atoms with Crippen LogP contribution < -0.4 is 10.6 Å². The molecular formula is C17H14ClFN4O2. The first-order chi connectivity index (χ1) is 12.1. The molecule has 1 aromatic carbocycles. The second-order valence-corrected chi connectivity index (χ2v) is 5.86. The predicted molar refractivity (Wildman–Crippen MR) is 89.9 cm³/mol. The number of halogens is 2. The van der Waals surface area contributed by atoms with Crippen molar-refractivity contribution in [2.24, 2.45) is 0 Å². The maximum absolute atomic E-state index is 14.3. The third-order valence-electron chi connectivity index (χ3n) is 3.67. The number of amides is 1. The Morgan fingerprint density at radius 1 is 1.44 bits per heavy atom. The van der Waals surface area contributed by atoms with Gasteiger partial charge in [0, 0.05) is 29.4 Å². The monoisotopic (exact) mass is 360 g/mol. The molecule has 1 aromatic heterocycles. The number of pyridine rings is 1. The summed E-state index contributed by atoms with van der Waals surface area (Å²) in [5.74, 6) is -1.05. The maximum atomic E-state index is 14.3. The quantitative estimate of drug-likeness (QED) is 0.878. The lowest BCUT2D eigenvalue weighted by molar-refractivity contribution is 0.0255. The molecule has 3 rings (SSSR count). The highest BCUT2D eigenvalue weighted by Crippen LogP contribution is 2.24. The van der Waals surface area contributed by atoms with E-state index in [9.17, 15) is 9.18 Å². The smallest absolute Gasteiger partial charge is 0.274 e. The Bertz CT molecular complexity index is 847. The number of hydrogen-bond acceptors (Lipinski definition) is 5. The molecule has 8 heteroatoms. The normalized spacial score (nSPS) is 16.9. The molecule has 1 unspecified atom stereocenters. The Kier molecular flexibility index (Phi) is 5.24. The molecule has 1 aliphatic rings. The van der Waals surface area contributed by atoms with E-state index in [4.69, 9.17) is 21.6 Å². The molecule has 2 N–H and O–H groups in total. The molecule has 1 aliphatic heterocycles. The summed E-state index contributed by atoms with van der Waals surface area (Å²) >= 11 is 5.86. The summed E-state index contributed by atoms with van der Waals surface area (Å²) in [4.78, 5) is 16.1. The van der Waals surface area contributed by atoms with Crippen LogP contribution in [0.4, 0.5) is 10.1 Å². The summed E-state index contributed by atoms with van der Waals surface area (Å²) in [7, 11) is 0. The van der Waals surface area contributed by atoms with Crippen LogP contribution in [0.1, 0.15) is 27.8 Å². The number of nitrogens with one attached hydrogen (secondary N) is 2. The highest BCUT2D eigenvalue weighted by Gasteiger charge is 2.20. The van der Waals surface area contributed by atoms with Crippen molar-refractivity contribution in [2.75, 3.05) is 25.0 Å². The van der Waals surface area contributed by atoms with Gasteiger partial charge in [-0.2, -0.15) is 5.26 Å². The molecule has 1 fully saturated rings. The number of rotatable bonds is 3. The average Bonchev–Trinajstić information content (AvgIpc) is 2.62. The Morgan fingerprint density at radius 3 is 2.96 bits per heavy atom. The van der Waals surface area contributed by atoms with Gasteiger partial charge >= 0.3 is 0 Å². The van der Waals surface area contributed by atoms with E-state index in [1.807, 2.05) is 6.07 Å². The zero-order valence-electron chi connectivity index (χ0n) is 13.1. The van der Waals surface area contributed by atoms with Crippen molar-refractivity contribution in [1.82, 2.24) is 10.3 Å². The molecule has 25 heavy (non-hydrogen) atoms. The van der Waals surface area contributed by atoms with Crippen LogP contribution in [0.3, 0.4) is 0 Å². The van der Waals surface area contributed by atoms with Crippen molar-refractivity contribution in [3.05, 3.63) is 58.1 Å². The second kappa shape index (κ2) is 7.57. The van der Waals surface area contributed by atoms with E-state index in [1.165, 1.54) is 18.2 Å². The van der Waals surface area contributed by atoms with Crippen LogP contribution in [0.2, 0.25) is 5.02 Å². The molecule has 2 heterocycles. The van der Waals surface area contributed by atoms with Crippen LogP contribution in [-0.2, 0) is 4.74 Å². The molecule has 2 aromatic rings. The fourth-order valence-electron chi connectivity index (χ4n) is 2.50. The van der Waals surface area contributed by atoms with Gasteiger partial charge in [0.2, 0.25) is 0 Å².